The zero-order valence-corrected chi connectivity index (χ0v) is 11.2. The van der Waals surface area contributed by atoms with Crippen molar-refractivity contribution in [2.24, 2.45) is 0 Å². The number of hydrogen-bond acceptors (Lipinski definition) is 5. The summed E-state index contributed by atoms with van der Waals surface area (Å²) in [4.78, 5) is -0.0197. The third-order valence-corrected chi connectivity index (χ3v) is 3.81. The molecular formula is C12H16N2O4S. The fraction of sp³-hybridized carbons (Fsp3) is 0.417. The second-order valence-corrected chi connectivity index (χ2v) is 5.43. The molecule has 6 nitrogen and oxygen atoms in total. The SMILES string of the molecule is N#Cc1ccccc1S(=O)(=O)NCCCOCCO. The van der Waals surface area contributed by atoms with Crippen LogP contribution in [0.1, 0.15) is 12.0 Å². The maximum Gasteiger partial charge on any atom is 0.241 e. The molecule has 0 saturated carbocycles. The van der Waals surface area contributed by atoms with Crippen molar-refractivity contribution in [1.82, 2.24) is 4.72 Å². The van der Waals surface area contributed by atoms with Crippen molar-refractivity contribution in [3.63, 3.8) is 0 Å². The summed E-state index contributed by atoms with van der Waals surface area (Å²) in [5.74, 6) is 0. The molecule has 0 aliphatic rings. The van der Waals surface area contributed by atoms with E-state index in [0.717, 1.165) is 0 Å². The third kappa shape index (κ3) is 4.96. The van der Waals surface area contributed by atoms with Gasteiger partial charge in [-0.2, -0.15) is 5.26 Å². The first-order valence-corrected chi connectivity index (χ1v) is 7.27. The van der Waals surface area contributed by atoms with E-state index in [1.165, 1.54) is 12.1 Å². The van der Waals surface area contributed by atoms with Gasteiger partial charge in [0, 0.05) is 13.2 Å². The Labute approximate surface area is 112 Å². The van der Waals surface area contributed by atoms with Gasteiger partial charge >= 0.3 is 0 Å². The average Bonchev–Trinajstić information content (AvgIpc) is 2.42. The second kappa shape index (κ2) is 7.86. The van der Waals surface area contributed by atoms with Crippen molar-refractivity contribution in [3.8, 4) is 6.07 Å². The van der Waals surface area contributed by atoms with Crippen LogP contribution in [0.3, 0.4) is 0 Å². The van der Waals surface area contributed by atoms with E-state index in [1.54, 1.807) is 12.1 Å². The number of nitrogens with one attached hydrogen (secondary N) is 1. The molecule has 19 heavy (non-hydrogen) atoms. The summed E-state index contributed by atoms with van der Waals surface area (Å²) in [6, 6.07) is 7.88. The predicted octanol–water partition coefficient (Wildman–Crippen LogP) is 0.236. The van der Waals surface area contributed by atoms with Crippen molar-refractivity contribution in [1.29, 1.82) is 5.26 Å². The Morgan fingerprint density at radius 1 is 1.32 bits per heavy atom. The first kappa shape index (κ1) is 15.6. The molecule has 0 bridgehead atoms. The van der Waals surface area contributed by atoms with Gasteiger partial charge in [-0.1, -0.05) is 12.1 Å². The average molecular weight is 284 g/mol. The minimum atomic E-state index is -3.67. The van der Waals surface area contributed by atoms with Gasteiger partial charge in [-0.3, -0.25) is 0 Å². The molecule has 0 radical (unpaired) electrons. The Balaban J connectivity index is 2.55. The van der Waals surface area contributed by atoms with Gasteiger partial charge in [0.15, 0.2) is 0 Å². The summed E-state index contributed by atoms with van der Waals surface area (Å²) in [7, 11) is -3.67. The molecule has 0 atom stereocenters. The highest BCUT2D eigenvalue weighted by Crippen LogP contribution is 2.13. The van der Waals surface area contributed by atoms with Crippen LogP contribution in [0.15, 0.2) is 29.2 Å². The van der Waals surface area contributed by atoms with Crippen LogP contribution in [-0.4, -0.2) is 39.9 Å². The molecule has 0 fully saturated rings. The van der Waals surface area contributed by atoms with Gasteiger partial charge in [0.2, 0.25) is 10.0 Å². The molecule has 0 amide bonds. The predicted molar refractivity (Wildman–Crippen MR) is 68.9 cm³/mol. The van der Waals surface area contributed by atoms with Crippen LogP contribution in [0.5, 0.6) is 0 Å². The molecule has 2 N–H and O–H groups in total. The van der Waals surface area contributed by atoms with Crippen molar-refractivity contribution < 1.29 is 18.3 Å². The number of benzene rings is 1. The van der Waals surface area contributed by atoms with Gasteiger partial charge in [0.1, 0.15) is 6.07 Å². The van der Waals surface area contributed by atoms with Crippen LogP contribution in [-0.2, 0) is 14.8 Å². The topological polar surface area (TPSA) is 99.4 Å². The highest BCUT2D eigenvalue weighted by Gasteiger charge is 2.17. The number of hydrogen-bond donors (Lipinski definition) is 2. The first-order valence-electron chi connectivity index (χ1n) is 5.79. The van der Waals surface area contributed by atoms with Gasteiger partial charge in [-0.25, -0.2) is 13.1 Å². The van der Waals surface area contributed by atoms with Crippen LogP contribution in [0.2, 0.25) is 0 Å². The smallest absolute Gasteiger partial charge is 0.241 e. The van der Waals surface area contributed by atoms with Gasteiger partial charge in [0.05, 0.1) is 23.7 Å². The van der Waals surface area contributed by atoms with Crippen molar-refractivity contribution in [2.45, 2.75) is 11.3 Å². The number of nitriles is 1. The highest BCUT2D eigenvalue weighted by molar-refractivity contribution is 7.89. The Morgan fingerprint density at radius 2 is 2.05 bits per heavy atom. The molecule has 1 aromatic rings. The second-order valence-electron chi connectivity index (χ2n) is 3.70. The molecule has 0 heterocycles. The normalized spacial score (nSPS) is 11.2. The number of aliphatic hydroxyl groups excluding tert-OH is 1. The van der Waals surface area contributed by atoms with Crippen molar-refractivity contribution >= 4 is 10.0 Å². The van der Waals surface area contributed by atoms with Crippen LogP contribution in [0, 0.1) is 11.3 Å². The quantitative estimate of drug-likeness (QED) is 0.666. The van der Waals surface area contributed by atoms with Crippen LogP contribution in [0.25, 0.3) is 0 Å². The maximum atomic E-state index is 12.0. The fourth-order valence-corrected chi connectivity index (χ4v) is 2.65. The summed E-state index contributed by atoms with van der Waals surface area (Å²) in [5, 5.41) is 17.4. The number of sulfonamides is 1. The molecule has 1 rings (SSSR count). The van der Waals surface area contributed by atoms with Gasteiger partial charge in [-0.15, -0.1) is 0 Å². The van der Waals surface area contributed by atoms with E-state index >= 15 is 0 Å². The lowest BCUT2D eigenvalue weighted by atomic mass is 10.2. The van der Waals surface area contributed by atoms with Gasteiger partial charge in [0.25, 0.3) is 0 Å². The molecule has 0 aliphatic heterocycles. The molecule has 7 heteroatoms. The lowest BCUT2D eigenvalue weighted by molar-refractivity contribution is 0.0913. The molecular weight excluding hydrogens is 268 g/mol. The van der Waals surface area contributed by atoms with E-state index in [2.05, 4.69) is 4.72 Å². The molecule has 0 spiro atoms. The van der Waals surface area contributed by atoms with E-state index in [1.807, 2.05) is 6.07 Å². The van der Waals surface area contributed by atoms with Crippen LogP contribution in [0.4, 0.5) is 0 Å². The zero-order chi connectivity index (χ0) is 14.1. The molecule has 0 saturated heterocycles. The number of nitrogens with zero attached hydrogens (tertiary/aromatic N) is 1. The van der Waals surface area contributed by atoms with Crippen molar-refractivity contribution in [3.05, 3.63) is 29.8 Å². The van der Waals surface area contributed by atoms with E-state index in [4.69, 9.17) is 15.1 Å². The van der Waals surface area contributed by atoms with E-state index in [-0.39, 0.29) is 30.2 Å². The van der Waals surface area contributed by atoms with E-state index in [9.17, 15) is 8.42 Å². The Morgan fingerprint density at radius 3 is 2.74 bits per heavy atom. The molecule has 0 aliphatic carbocycles. The molecule has 1 aromatic carbocycles. The zero-order valence-electron chi connectivity index (χ0n) is 10.4. The number of aliphatic hydroxyl groups is 1. The summed E-state index contributed by atoms with van der Waals surface area (Å²) in [5.41, 5.74) is 0.117. The Hall–Kier alpha value is -1.46. The summed E-state index contributed by atoms with van der Waals surface area (Å²) in [6.45, 7) is 0.766. The standard InChI is InChI=1S/C12H16N2O4S/c13-10-11-4-1-2-5-12(11)19(16,17)14-6-3-8-18-9-7-15/h1-2,4-5,14-15H,3,6-9H2. The van der Waals surface area contributed by atoms with Crippen molar-refractivity contribution in [2.75, 3.05) is 26.4 Å². The van der Waals surface area contributed by atoms with E-state index < -0.39 is 10.0 Å². The third-order valence-electron chi connectivity index (χ3n) is 2.29. The minimum Gasteiger partial charge on any atom is -0.394 e. The number of ether oxygens (including phenoxy) is 1. The first-order chi connectivity index (χ1) is 9.11. The van der Waals surface area contributed by atoms with Gasteiger partial charge < -0.3 is 9.84 Å². The van der Waals surface area contributed by atoms with E-state index in [0.29, 0.717) is 13.0 Å². The lowest BCUT2D eigenvalue weighted by Crippen LogP contribution is -2.26. The fourth-order valence-electron chi connectivity index (χ4n) is 1.42. The maximum absolute atomic E-state index is 12.0. The van der Waals surface area contributed by atoms with Crippen LogP contribution >= 0.6 is 0 Å². The van der Waals surface area contributed by atoms with Gasteiger partial charge in [-0.05, 0) is 18.6 Å². The Bertz CT molecular complexity index is 537. The number of rotatable bonds is 8. The largest absolute Gasteiger partial charge is 0.394 e. The lowest BCUT2D eigenvalue weighted by Gasteiger charge is -2.08. The minimum absolute atomic E-state index is 0.0197. The Kier molecular flexibility index (Phi) is 6.45. The molecule has 104 valence electrons. The van der Waals surface area contributed by atoms with Crippen LogP contribution < -0.4 is 4.72 Å². The monoisotopic (exact) mass is 284 g/mol. The summed E-state index contributed by atoms with van der Waals surface area (Å²) < 4.78 is 31.3. The molecule has 0 unspecified atom stereocenters. The highest BCUT2D eigenvalue weighted by atomic mass is 32.2. The molecule has 0 aromatic heterocycles. The summed E-state index contributed by atoms with van der Waals surface area (Å²) >= 11 is 0. The summed E-state index contributed by atoms with van der Waals surface area (Å²) in [6.07, 6.45) is 0.494.